The Balaban J connectivity index is 2.28. The monoisotopic (exact) mass is 251 g/mol. The van der Waals surface area contributed by atoms with Gasteiger partial charge in [0.25, 0.3) is 10.0 Å². The molecule has 0 radical (unpaired) electrons. The van der Waals surface area contributed by atoms with Gasteiger partial charge in [0.15, 0.2) is 0 Å². The van der Waals surface area contributed by atoms with Crippen molar-refractivity contribution in [1.82, 2.24) is 9.78 Å². The van der Waals surface area contributed by atoms with Crippen LogP contribution in [0.1, 0.15) is 5.56 Å². The van der Waals surface area contributed by atoms with Crippen LogP contribution < -0.4 is 4.72 Å². The van der Waals surface area contributed by atoms with E-state index in [1.165, 1.54) is 10.9 Å². The van der Waals surface area contributed by atoms with Crippen LogP contribution in [0.2, 0.25) is 0 Å². The SMILES string of the molecule is Cc1ccc(S(=O)(=O)Nc2cnn(C)c2)cc1. The second-order valence-electron chi connectivity index (χ2n) is 3.82. The molecular formula is C11H13N3O2S. The van der Waals surface area contributed by atoms with Crippen LogP contribution in [-0.2, 0) is 17.1 Å². The molecule has 0 unspecified atom stereocenters. The zero-order valence-electron chi connectivity index (χ0n) is 9.58. The molecule has 0 amide bonds. The van der Waals surface area contributed by atoms with Gasteiger partial charge in [0.1, 0.15) is 0 Å². The Kier molecular flexibility index (Phi) is 2.89. The van der Waals surface area contributed by atoms with Gasteiger partial charge in [-0.1, -0.05) is 17.7 Å². The van der Waals surface area contributed by atoms with E-state index in [0.29, 0.717) is 5.69 Å². The smallest absolute Gasteiger partial charge is 0.261 e. The Morgan fingerprint density at radius 2 is 1.88 bits per heavy atom. The van der Waals surface area contributed by atoms with Crippen LogP contribution >= 0.6 is 0 Å². The van der Waals surface area contributed by atoms with Crippen molar-refractivity contribution in [3.8, 4) is 0 Å². The van der Waals surface area contributed by atoms with Crippen molar-refractivity contribution in [2.24, 2.45) is 7.05 Å². The van der Waals surface area contributed by atoms with Gasteiger partial charge in [-0.15, -0.1) is 0 Å². The van der Waals surface area contributed by atoms with Gasteiger partial charge in [0.05, 0.1) is 16.8 Å². The fourth-order valence-electron chi connectivity index (χ4n) is 1.41. The van der Waals surface area contributed by atoms with Crippen LogP contribution in [0, 0.1) is 6.92 Å². The lowest BCUT2D eigenvalue weighted by Crippen LogP contribution is -2.12. The highest BCUT2D eigenvalue weighted by Gasteiger charge is 2.14. The summed E-state index contributed by atoms with van der Waals surface area (Å²) >= 11 is 0. The Morgan fingerprint density at radius 3 is 2.41 bits per heavy atom. The second kappa shape index (κ2) is 4.21. The number of aromatic nitrogens is 2. The first-order chi connectivity index (χ1) is 7.97. The average Bonchev–Trinajstić information content (AvgIpc) is 2.63. The van der Waals surface area contributed by atoms with Crippen LogP contribution in [0.15, 0.2) is 41.6 Å². The molecule has 0 spiro atoms. The summed E-state index contributed by atoms with van der Waals surface area (Å²) in [5.41, 5.74) is 1.47. The van der Waals surface area contributed by atoms with E-state index in [9.17, 15) is 8.42 Å². The van der Waals surface area contributed by atoms with E-state index in [1.54, 1.807) is 37.5 Å². The topological polar surface area (TPSA) is 64.0 Å². The minimum Gasteiger partial charge on any atom is -0.276 e. The van der Waals surface area contributed by atoms with E-state index in [0.717, 1.165) is 5.56 Å². The van der Waals surface area contributed by atoms with Crippen molar-refractivity contribution >= 4 is 15.7 Å². The maximum absolute atomic E-state index is 12.0. The first-order valence-corrected chi connectivity index (χ1v) is 6.54. The number of nitrogens with one attached hydrogen (secondary N) is 1. The van der Waals surface area contributed by atoms with E-state index < -0.39 is 10.0 Å². The molecule has 0 aliphatic rings. The molecule has 5 nitrogen and oxygen atoms in total. The van der Waals surface area contributed by atoms with Gasteiger partial charge in [-0.2, -0.15) is 5.10 Å². The molecule has 2 aromatic rings. The number of sulfonamides is 1. The third kappa shape index (κ3) is 2.65. The lowest BCUT2D eigenvalue weighted by molar-refractivity contribution is 0.601. The third-order valence-corrected chi connectivity index (χ3v) is 3.69. The molecule has 1 aromatic heterocycles. The van der Waals surface area contributed by atoms with Gasteiger partial charge < -0.3 is 0 Å². The predicted molar refractivity (Wildman–Crippen MR) is 65.2 cm³/mol. The maximum Gasteiger partial charge on any atom is 0.261 e. The Morgan fingerprint density at radius 1 is 1.24 bits per heavy atom. The summed E-state index contributed by atoms with van der Waals surface area (Å²) in [6, 6.07) is 6.68. The molecule has 1 N–H and O–H groups in total. The van der Waals surface area contributed by atoms with E-state index in [-0.39, 0.29) is 4.90 Å². The normalized spacial score (nSPS) is 11.4. The number of aryl methyl sites for hydroxylation is 2. The molecule has 0 saturated heterocycles. The molecule has 1 heterocycles. The minimum absolute atomic E-state index is 0.243. The van der Waals surface area contributed by atoms with Crippen LogP contribution in [0.3, 0.4) is 0 Å². The molecule has 1 aromatic carbocycles. The molecule has 6 heteroatoms. The average molecular weight is 251 g/mol. The fourth-order valence-corrected chi connectivity index (χ4v) is 2.43. The maximum atomic E-state index is 12.0. The van der Waals surface area contributed by atoms with Crippen molar-refractivity contribution < 1.29 is 8.42 Å². The summed E-state index contributed by atoms with van der Waals surface area (Å²) in [5.74, 6) is 0. The highest BCUT2D eigenvalue weighted by atomic mass is 32.2. The quantitative estimate of drug-likeness (QED) is 0.899. The van der Waals surface area contributed by atoms with E-state index in [2.05, 4.69) is 9.82 Å². The molecule has 0 aliphatic heterocycles. The van der Waals surface area contributed by atoms with Gasteiger partial charge in [-0.05, 0) is 19.1 Å². The fraction of sp³-hybridized carbons (Fsp3) is 0.182. The Hall–Kier alpha value is -1.82. The second-order valence-corrected chi connectivity index (χ2v) is 5.50. The van der Waals surface area contributed by atoms with Crippen molar-refractivity contribution in [3.05, 3.63) is 42.2 Å². The van der Waals surface area contributed by atoms with E-state index in [1.807, 2.05) is 6.92 Å². The number of anilines is 1. The molecule has 90 valence electrons. The summed E-state index contributed by atoms with van der Waals surface area (Å²) in [5, 5.41) is 3.90. The molecule has 0 bridgehead atoms. The van der Waals surface area contributed by atoms with Gasteiger partial charge in [-0.25, -0.2) is 8.42 Å². The molecule has 17 heavy (non-hydrogen) atoms. The Bertz CT molecular complexity index is 614. The third-order valence-electron chi connectivity index (χ3n) is 2.29. The Labute approximate surface area is 100 Å². The van der Waals surface area contributed by atoms with Crippen LogP contribution in [0.25, 0.3) is 0 Å². The highest BCUT2D eigenvalue weighted by molar-refractivity contribution is 7.92. The largest absolute Gasteiger partial charge is 0.276 e. The molecule has 0 fully saturated rings. The van der Waals surface area contributed by atoms with Crippen molar-refractivity contribution in [2.75, 3.05) is 4.72 Å². The van der Waals surface area contributed by atoms with Crippen LogP contribution in [0.5, 0.6) is 0 Å². The summed E-state index contributed by atoms with van der Waals surface area (Å²) in [4.78, 5) is 0.243. The number of nitrogens with zero attached hydrogens (tertiary/aromatic N) is 2. The van der Waals surface area contributed by atoms with Gasteiger partial charge >= 0.3 is 0 Å². The molecule has 0 atom stereocenters. The van der Waals surface area contributed by atoms with Crippen LogP contribution in [-0.4, -0.2) is 18.2 Å². The number of benzene rings is 1. The van der Waals surface area contributed by atoms with Gasteiger partial charge in [0.2, 0.25) is 0 Å². The molecular weight excluding hydrogens is 238 g/mol. The van der Waals surface area contributed by atoms with Crippen molar-refractivity contribution in [1.29, 1.82) is 0 Å². The highest BCUT2D eigenvalue weighted by Crippen LogP contribution is 2.15. The number of hydrogen-bond donors (Lipinski definition) is 1. The summed E-state index contributed by atoms with van der Waals surface area (Å²) in [6.07, 6.45) is 3.07. The predicted octanol–water partition coefficient (Wildman–Crippen LogP) is 1.53. The summed E-state index contributed by atoms with van der Waals surface area (Å²) in [7, 11) is -1.79. The van der Waals surface area contributed by atoms with Crippen molar-refractivity contribution in [3.63, 3.8) is 0 Å². The first-order valence-electron chi connectivity index (χ1n) is 5.05. The van der Waals surface area contributed by atoms with Crippen molar-refractivity contribution in [2.45, 2.75) is 11.8 Å². The zero-order valence-corrected chi connectivity index (χ0v) is 10.4. The number of hydrogen-bond acceptors (Lipinski definition) is 3. The lowest BCUT2D eigenvalue weighted by atomic mass is 10.2. The number of rotatable bonds is 3. The standard InChI is InChI=1S/C11H13N3O2S/c1-9-3-5-11(6-4-9)17(15,16)13-10-7-12-14(2)8-10/h3-8,13H,1-2H3. The zero-order chi connectivity index (χ0) is 12.5. The molecule has 0 aliphatic carbocycles. The summed E-state index contributed by atoms with van der Waals surface area (Å²) in [6.45, 7) is 1.91. The molecule has 2 rings (SSSR count). The van der Waals surface area contributed by atoms with Gasteiger partial charge in [0, 0.05) is 13.2 Å². The molecule has 0 saturated carbocycles. The van der Waals surface area contributed by atoms with E-state index >= 15 is 0 Å². The van der Waals surface area contributed by atoms with Gasteiger partial charge in [-0.3, -0.25) is 9.40 Å². The minimum atomic E-state index is -3.52. The first kappa shape index (κ1) is 11.7. The summed E-state index contributed by atoms with van der Waals surface area (Å²) < 4.78 is 27.9. The lowest BCUT2D eigenvalue weighted by Gasteiger charge is -2.05. The van der Waals surface area contributed by atoms with Crippen LogP contribution in [0.4, 0.5) is 5.69 Å². The van der Waals surface area contributed by atoms with E-state index in [4.69, 9.17) is 0 Å².